The van der Waals surface area contributed by atoms with Crippen LogP contribution in [-0.4, -0.2) is 22.5 Å². The topological polar surface area (TPSA) is 140 Å². The first-order chi connectivity index (χ1) is 7.50. The molecule has 0 saturated carbocycles. The first-order valence-electron chi connectivity index (χ1n) is 4.45. The Morgan fingerprint density at radius 3 is 2.17 bits per heavy atom. The Bertz CT molecular complexity index is 466. The molecule has 0 fully saturated rings. The maximum Gasteiger partial charge on any atom is 0.211 e. The van der Waals surface area contributed by atoms with Gasteiger partial charge in [0.2, 0.25) is 5.96 Å². The van der Waals surface area contributed by atoms with E-state index in [4.69, 9.17) is 22.6 Å². The van der Waals surface area contributed by atoms with E-state index in [2.05, 4.69) is 15.2 Å². The van der Waals surface area contributed by atoms with E-state index in [0.29, 0.717) is 17.1 Å². The number of amidine groups is 1. The van der Waals surface area contributed by atoms with E-state index in [-0.39, 0.29) is 36.6 Å². The third kappa shape index (κ3) is 5.46. The predicted molar refractivity (Wildman–Crippen MR) is 77.8 cm³/mol. The summed E-state index contributed by atoms with van der Waals surface area (Å²) in [6, 6.07) is 5.10. The smallest absolute Gasteiger partial charge is 0.211 e. The molecule has 0 atom stereocenters. The SMILES string of the molecule is C/C(=N\N=C(N)N)c1cccc(C(=N)N)n1.Cl.Cl. The van der Waals surface area contributed by atoms with Crippen molar-refractivity contribution in [3.05, 3.63) is 29.6 Å². The zero-order valence-corrected chi connectivity index (χ0v) is 11.3. The molecule has 7 nitrogen and oxygen atoms in total. The Morgan fingerprint density at radius 2 is 1.67 bits per heavy atom. The maximum absolute atomic E-state index is 7.25. The molecule has 0 aliphatic rings. The number of hydrogen-bond donors (Lipinski definition) is 4. The van der Waals surface area contributed by atoms with Crippen LogP contribution in [0, 0.1) is 5.41 Å². The van der Waals surface area contributed by atoms with Crippen LogP contribution in [0.25, 0.3) is 0 Å². The number of nitrogens with zero attached hydrogens (tertiary/aromatic N) is 3. The second-order valence-electron chi connectivity index (χ2n) is 3.03. The highest BCUT2D eigenvalue weighted by Crippen LogP contribution is 2.01. The largest absolute Gasteiger partial charge is 0.382 e. The summed E-state index contributed by atoms with van der Waals surface area (Å²) in [6.07, 6.45) is 0. The second-order valence-corrected chi connectivity index (χ2v) is 3.03. The molecular formula is C9H15Cl2N7. The molecule has 0 aliphatic carbocycles. The lowest BCUT2D eigenvalue weighted by Gasteiger charge is -2.01. The van der Waals surface area contributed by atoms with Crippen molar-refractivity contribution in [3.63, 3.8) is 0 Å². The average Bonchev–Trinajstić information content (AvgIpc) is 2.26. The van der Waals surface area contributed by atoms with Gasteiger partial charge in [0.1, 0.15) is 11.5 Å². The van der Waals surface area contributed by atoms with E-state index in [1.807, 2.05) is 0 Å². The maximum atomic E-state index is 7.25. The standard InChI is InChI=1S/C9H13N7.2ClH/c1-5(15-16-9(12)13)6-3-2-4-7(14-6)8(10)11;;/h2-4H,1H3,(H3,10,11)(H4,12,13,16);2*1H/b15-5+;;. The molecule has 0 spiro atoms. The molecular weight excluding hydrogens is 277 g/mol. The fourth-order valence-corrected chi connectivity index (χ4v) is 0.970. The molecule has 1 aromatic heterocycles. The second kappa shape index (κ2) is 8.26. The van der Waals surface area contributed by atoms with E-state index in [9.17, 15) is 0 Å². The lowest BCUT2D eigenvalue weighted by molar-refractivity contribution is 1.17. The first-order valence-corrected chi connectivity index (χ1v) is 4.45. The lowest BCUT2D eigenvalue weighted by atomic mass is 10.2. The number of aromatic nitrogens is 1. The van der Waals surface area contributed by atoms with Gasteiger partial charge in [0.05, 0.1) is 11.4 Å². The Kier molecular flexibility index (Phi) is 8.49. The normalized spacial score (nSPS) is 9.72. The summed E-state index contributed by atoms with van der Waals surface area (Å²) in [6.45, 7) is 1.71. The number of guanidine groups is 1. The van der Waals surface area contributed by atoms with Gasteiger partial charge in [0.15, 0.2) is 0 Å². The summed E-state index contributed by atoms with van der Waals surface area (Å²) in [5.41, 5.74) is 17.1. The third-order valence-electron chi connectivity index (χ3n) is 1.71. The van der Waals surface area contributed by atoms with E-state index < -0.39 is 0 Å². The zero-order valence-electron chi connectivity index (χ0n) is 9.62. The number of nitrogens with one attached hydrogen (secondary N) is 1. The minimum absolute atomic E-state index is 0. The molecule has 18 heavy (non-hydrogen) atoms. The van der Waals surface area contributed by atoms with Gasteiger partial charge in [-0.25, -0.2) is 4.98 Å². The predicted octanol–water partition coefficient (Wildman–Crippen LogP) is 0.207. The van der Waals surface area contributed by atoms with Gasteiger partial charge in [-0.1, -0.05) is 6.07 Å². The van der Waals surface area contributed by atoms with Crippen LogP contribution in [0.1, 0.15) is 18.3 Å². The molecule has 7 N–H and O–H groups in total. The van der Waals surface area contributed by atoms with Crippen LogP contribution < -0.4 is 17.2 Å². The van der Waals surface area contributed by atoms with E-state index in [1.165, 1.54) is 0 Å². The Labute approximate surface area is 117 Å². The van der Waals surface area contributed by atoms with Crippen molar-refractivity contribution in [2.24, 2.45) is 27.4 Å². The van der Waals surface area contributed by atoms with Crippen LogP contribution in [0.3, 0.4) is 0 Å². The van der Waals surface area contributed by atoms with Crippen molar-refractivity contribution in [1.82, 2.24) is 4.98 Å². The van der Waals surface area contributed by atoms with Crippen molar-refractivity contribution in [1.29, 1.82) is 5.41 Å². The van der Waals surface area contributed by atoms with Crippen LogP contribution >= 0.6 is 24.8 Å². The van der Waals surface area contributed by atoms with Gasteiger partial charge in [-0.15, -0.1) is 29.9 Å². The monoisotopic (exact) mass is 291 g/mol. The summed E-state index contributed by atoms with van der Waals surface area (Å²) in [5, 5.41) is 14.5. The summed E-state index contributed by atoms with van der Waals surface area (Å²) < 4.78 is 0. The van der Waals surface area contributed by atoms with Crippen molar-refractivity contribution >= 4 is 42.3 Å². The number of pyridine rings is 1. The fraction of sp³-hybridized carbons (Fsp3) is 0.111. The van der Waals surface area contributed by atoms with E-state index in [1.54, 1.807) is 25.1 Å². The van der Waals surface area contributed by atoms with Crippen LogP contribution in [-0.2, 0) is 0 Å². The van der Waals surface area contributed by atoms with E-state index in [0.717, 1.165) is 0 Å². The molecule has 0 radical (unpaired) electrons. The van der Waals surface area contributed by atoms with Crippen molar-refractivity contribution in [2.75, 3.05) is 0 Å². The molecule has 100 valence electrons. The number of halogens is 2. The number of hydrogen-bond acceptors (Lipinski definition) is 4. The molecule has 0 bridgehead atoms. The minimum Gasteiger partial charge on any atom is -0.382 e. The highest BCUT2D eigenvalue weighted by atomic mass is 35.5. The van der Waals surface area contributed by atoms with Crippen molar-refractivity contribution in [3.8, 4) is 0 Å². The van der Waals surface area contributed by atoms with Gasteiger partial charge in [-0.2, -0.15) is 5.10 Å². The van der Waals surface area contributed by atoms with Gasteiger partial charge in [0, 0.05) is 0 Å². The van der Waals surface area contributed by atoms with E-state index >= 15 is 0 Å². The van der Waals surface area contributed by atoms with Crippen molar-refractivity contribution < 1.29 is 0 Å². The first kappa shape index (κ1) is 18.5. The molecule has 9 heteroatoms. The van der Waals surface area contributed by atoms with Crippen LogP contribution in [0.2, 0.25) is 0 Å². The lowest BCUT2D eigenvalue weighted by Crippen LogP contribution is -2.22. The highest BCUT2D eigenvalue weighted by molar-refractivity contribution is 5.99. The quantitative estimate of drug-likeness (QED) is 0.359. The summed E-state index contributed by atoms with van der Waals surface area (Å²) in [4.78, 5) is 4.12. The Hall–Kier alpha value is -1.86. The number of nitrogens with two attached hydrogens (primary N) is 3. The van der Waals surface area contributed by atoms with Gasteiger partial charge in [0.25, 0.3) is 0 Å². The molecule has 0 aromatic carbocycles. The summed E-state index contributed by atoms with van der Waals surface area (Å²) in [5.74, 6) is -0.224. The molecule has 0 unspecified atom stereocenters. The van der Waals surface area contributed by atoms with Crippen LogP contribution in [0.4, 0.5) is 0 Å². The molecule has 1 aromatic rings. The molecule has 0 saturated heterocycles. The zero-order chi connectivity index (χ0) is 12.1. The Balaban J connectivity index is 0. The average molecular weight is 292 g/mol. The summed E-state index contributed by atoms with van der Waals surface area (Å²) in [7, 11) is 0. The van der Waals surface area contributed by atoms with Crippen LogP contribution in [0.15, 0.2) is 28.4 Å². The van der Waals surface area contributed by atoms with Gasteiger partial charge in [-0.3, -0.25) is 5.41 Å². The fourth-order valence-electron chi connectivity index (χ4n) is 0.970. The minimum atomic E-state index is -0.123. The molecule has 1 rings (SSSR count). The third-order valence-corrected chi connectivity index (χ3v) is 1.71. The van der Waals surface area contributed by atoms with Gasteiger partial charge >= 0.3 is 0 Å². The van der Waals surface area contributed by atoms with Crippen LogP contribution in [0.5, 0.6) is 0 Å². The van der Waals surface area contributed by atoms with Gasteiger partial charge in [-0.05, 0) is 19.1 Å². The molecule has 1 heterocycles. The van der Waals surface area contributed by atoms with Gasteiger partial charge < -0.3 is 17.2 Å². The number of rotatable bonds is 3. The molecule has 0 amide bonds. The van der Waals surface area contributed by atoms with Crippen molar-refractivity contribution in [2.45, 2.75) is 6.92 Å². The highest BCUT2D eigenvalue weighted by Gasteiger charge is 2.02. The Morgan fingerprint density at radius 1 is 1.11 bits per heavy atom. The number of nitrogen functional groups attached to an aromatic ring is 1. The molecule has 0 aliphatic heterocycles. The summed E-state index contributed by atoms with van der Waals surface area (Å²) >= 11 is 0.